The molecule has 3 atom stereocenters. The number of nitrogens with zero attached hydrogens (tertiary/aromatic N) is 1. The van der Waals surface area contributed by atoms with Crippen molar-refractivity contribution >= 4 is 11.8 Å². The SMILES string of the molecule is CCOC1CC(N)(C(=O)N2CCCC(CNC(=O)c3ccccc3)C2)C1(C)C. The van der Waals surface area contributed by atoms with Crippen LogP contribution in [-0.4, -0.2) is 54.6 Å². The second kappa shape index (κ2) is 8.21. The maximum absolute atomic E-state index is 13.2. The molecule has 154 valence electrons. The van der Waals surface area contributed by atoms with Crippen LogP contribution in [0.5, 0.6) is 0 Å². The van der Waals surface area contributed by atoms with Gasteiger partial charge in [0.15, 0.2) is 0 Å². The minimum Gasteiger partial charge on any atom is -0.378 e. The molecule has 0 radical (unpaired) electrons. The van der Waals surface area contributed by atoms with Gasteiger partial charge in [0.25, 0.3) is 5.91 Å². The van der Waals surface area contributed by atoms with E-state index in [1.165, 1.54) is 0 Å². The molecule has 6 nitrogen and oxygen atoms in total. The summed E-state index contributed by atoms with van der Waals surface area (Å²) in [5.74, 6) is 0.200. The van der Waals surface area contributed by atoms with E-state index >= 15 is 0 Å². The van der Waals surface area contributed by atoms with Crippen LogP contribution in [0.25, 0.3) is 0 Å². The third kappa shape index (κ3) is 3.80. The number of ether oxygens (including phenoxy) is 1. The molecule has 0 spiro atoms. The highest BCUT2D eigenvalue weighted by Gasteiger charge is 2.63. The third-order valence-corrected chi connectivity index (χ3v) is 6.61. The number of hydrogen-bond donors (Lipinski definition) is 2. The van der Waals surface area contributed by atoms with Gasteiger partial charge in [-0.2, -0.15) is 0 Å². The zero-order chi connectivity index (χ0) is 20.4. The Morgan fingerprint density at radius 3 is 2.64 bits per heavy atom. The Bertz CT molecular complexity index is 706. The Hall–Kier alpha value is -1.92. The van der Waals surface area contributed by atoms with Crippen LogP contribution in [0, 0.1) is 11.3 Å². The van der Waals surface area contributed by atoms with Crippen LogP contribution in [-0.2, 0) is 9.53 Å². The van der Waals surface area contributed by atoms with Crippen LogP contribution in [0.2, 0.25) is 0 Å². The monoisotopic (exact) mass is 387 g/mol. The molecular formula is C22H33N3O3. The molecule has 3 N–H and O–H groups in total. The van der Waals surface area contributed by atoms with Gasteiger partial charge in [0, 0.05) is 43.6 Å². The van der Waals surface area contributed by atoms with Crippen molar-refractivity contribution in [3.63, 3.8) is 0 Å². The van der Waals surface area contributed by atoms with Crippen LogP contribution in [0.4, 0.5) is 0 Å². The third-order valence-electron chi connectivity index (χ3n) is 6.61. The molecule has 6 heteroatoms. The Kier molecular flexibility index (Phi) is 6.10. The van der Waals surface area contributed by atoms with Gasteiger partial charge in [0.05, 0.1) is 6.10 Å². The lowest BCUT2D eigenvalue weighted by atomic mass is 9.54. The Morgan fingerprint density at radius 1 is 1.29 bits per heavy atom. The van der Waals surface area contributed by atoms with Gasteiger partial charge in [-0.25, -0.2) is 0 Å². The van der Waals surface area contributed by atoms with Crippen LogP contribution in [0.15, 0.2) is 30.3 Å². The lowest BCUT2D eigenvalue weighted by Gasteiger charge is -2.59. The van der Waals surface area contributed by atoms with E-state index in [-0.39, 0.29) is 29.3 Å². The van der Waals surface area contributed by atoms with E-state index in [1.807, 2.05) is 43.9 Å². The summed E-state index contributed by atoms with van der Waals surface area (Å²) in [6.07, 6.45) is 2.53. The Balaban J connectivity index is 1.56. The van der Waals surface area contributed by atoms with Gasteiger partial charge < -0.3 is 20.7 Å². The summed E-state index contributed by atoms with van der Waals surface area (Å²) in [7, 11) is 0. The number of likely N-dealkylation sites (tertiary alicyclic amines) is 1. The number of carbonyl (C=O) groups is 2. The molecule has 2 aliphatic rings. The fraction of sp³-hybridized carbons (Fsp3) is 0.636. The first kappa shape index (κ1) is 20.8. The molecule has 28 heavy (non-hydrogen) atoms. The van der Waals surface area contributed by atoms with Gasteiger partial charge in [-0.1, -0.05) is 32.0 Å². The summed E-state index contributed by atoms with van der Waals surface area (Å²) < 4.78 is 5.76. The summed E-state index contributed by atoms with van der Waals surface area (Å²) >= 11 is 0. The molecule has 3 unspecified atom stereocenters. The second-order valence-electron chi connectivity index (χ2n) is 8.68. The maximum Gasteiger partial charge on any atom is 0.251 e. The molecule has 1 aromatic carbocycles. The van der Waals surface area contributed by atoms with E-state index < -0.39 is 5.54 Å². The summed E-state index contributed by atoms with van der Waals surface area (Å²) in [5, 5.41) is 3.01. The second-order valence-corrected chi connectivity index (χ2v) is 8.68. The first-order chi connectivity index (χ1) is 13.3. The van der Waals surface area contributed by atoms with Crippen molar-refractivity contribution < 1.29 is 14.3 Å². The number of nitrogens with two attached hydrogens (primary N) is 1. The number of amides is 2. The number of hydrogen-bond acceptors (Lipinski definition) is 4. The number of carbonyl (C=O) groups excluding carboxylic acids is 2. The summed E-state index contributed by atoms with van der Waals surface area (Å²) in [6, 6.07) is 9.20. The van der Waals surface area contributed by atoms with Crippen molar-refractivity contribution in [3.8, 4) is 0 Å². The molecule has 2 fully saturated rings. The van der Waals surface area contributed by atoms with Gasteiger partial charge in [0.1, 0.15) is 5.54 Å². The molecule has 1 saturated heterocycles. The maximum atomic E-state index is 13.2. The zero-order valence-corrected chi connectivity index (χ0v) is 17.2. The first-order valence-corrected chi connectivity index (χ1v) is 10.3. The van der Waals surface area contributed by atoms with Gasteiger partial charge in [-0.3, -0.25) is 9.59 Å². The molecule has 1 aliphatic carbocycles. The van der Waals surface area contributed by atoms with Crippen molar-refractivity contribution in [1.29, 1.82) is 0 Å². The van der Waals surface area contributed by atoms with E-state index in [2.05, 4.69) is 5.32 Å². The van der Waals surface area contributed by atoms with Gasteiger partial charge >= 0.3 is 0 Å². The molecule has 2 amide bonds. The number of rotatable bonds is 6. The lowest BCUT2D eigenvalue weighted by Crippen LogP contribution is -2.76. The van der Waals surface area contributed by atoms with E-state index in [9.17, 15) is 9.59 Å². The smallest absolute Gasteiger partial charge is 0.251 e. The highest BCUT2D eigenvalue weighted by atomic mass is 16.5. The van der Waals surface area contributed by atoms with Crippen molar-refractivity contribution in [1.82, 2.24) is 10.2 Å². The molecule has 0 bridgehead atoms. The molecule has 1 aliphatic heterocycles. The van der Waals surface area contributed by atoms with Crippen LogP contribution >= 0.6 is 0 Å². The molecule has 1 saturated carbocycles. The predicted molar refractivity (Wildman–Crippen MR) is 109 cm³/mol. The molecule has 3 rings (SSSR count). The summed E-state index contributed by atoms with van der Waals surface area (Å²) in [5.41, 5.74) is 5.98. The molecule has 1 heterocycles. The van der Waals surface area contributed by atoms with Crippen molar-refractivity contribution in [2.45, 2.75) is 51.7 Å². The van der Waals surface area contributed by atoms with Crippen LogP contribution in [0.3, 0.4) is 0 Å². The highest BCUT2D eigenvalue weighted by molar-refractivity contribution is 5.94. The largest absolute Gasteiger partial charge is 0.378 e. The van der Waals surface area contributed by atoms with Crippen molar-refractivity contribution in [2.24, 2.45) is 17.1 Å². The van der Waals surface area contributed by atoms with E-state index in [0.717, 1.165) is 19.4 Å². The fourth-order valence-corrected chi connectivity index (χ4v) is 4.43. The minimum absolute atomic E-state index is 0.0209. The summed E-state index contributed by atoms with van der Waals surface area (Å²) in [4.78, 5) is 27.4. The van der Waals surface area contributed by atoms with Crippen LogP contribution in [0.1, 0.15) is 50.4 Å². The quantitative estimate of drug-likeness (QED) is 0.784. The molecular weight excluding hydrogens is 354 g/mol. The van der Waals surface area contributed by atoms with E-state index in [1.54, 1.807) is 12.1 Å². The Morgan fingerprint density at radius 2 is 2.00 bits per heavy atom. The summed E-state index contributed by atoms with van der Waals surface area (Å²) in [6.45, 7) is 8.59. The van der Waals surface area contributed by atoms with Crippen molar-refractivity contribution in [2.75, 3.05) is 26.2 Å². The topological polar surface area (TPSA) is 84.7 Å². The number of piperidine rings is 1. The fourth-order valence-electron chi connectivity index (χ4n) is 4.43. The van der Waals surface area contributed by atoms with Gasteiger partial charge in [-0.05, 0) is 37.8 Å². The number of nitrogens with one attached hydrogen (secondary N) is 1. The zero-order valence-electron chi connectivity index (χ0n) is 17.2. The minimum atomic E-state index is -0.873. The lowest BCUT2D eigenvalue weighted by molar-refractivity contribution is -0.180. The average molecular weight is 388 g/mol. The van der Waals surface area contributed by atoms with Crippen LogP contribution < -0.4 is 11.1 Å². The van der Waals surface area contributed by atoms with Crippen molar-refractivity contribution in [3.05, 3.63) is 35.9 Å². The Labute approximate surface area is 167 Å². The first-order valence-electron chi connectivity index (χ1n) is 10.3. The van der Waals surface area contributed by atoms with E-state index in [0.29, 0.717) is 31.7 Å². The predicted octanol–water partition coefficient (Wildman–Crippen LogP) is 2.19. The molecule has 1 aromatic rings. The van der Waals surface area contributed by atoms with Gasteiger partial charge in [0.2, 0.25) is 5.91 Å². The van der Waals surface area contributed by atoms with E-state index in [4.69, 9.17) is 10.5 Å². The normalized spacial score (nSPS) is 29.1. The van der Waals surface area contributed by atoms with Gasteiger partial charge in [-0.15, -0.1) is 0 Å². The molecule has 0 aromatic heterocycles. The highest BCUT2D eigenvalue weighted by Crippen LogP contribution is 2.50. The average Bonchev–Trinajstić information content (AvgIpc) is 2.72. The number of benzene rings is 1. The standard InChI is InChI=1S/C22H33N3O3/c1-4-28-18-13-22(23,21(18,2)3)20(27)25-12-8-9-16(15-25)14-24-19(26)17-10-6-5-7-11-17/h5-7,10-11,16,18H,4,8-9,12-15,23H2,1-3H3,(H,24,26).